The number of nitrogens with zero attached hydrogens (tertiary/aromatic N) is 1. The summed E-state index contributed by atoms with van der Waals surface area (Å²) >= 11 is 5.97. The van der Waals surface area contributed by atoms with Gasteiger partial charge in [-0.2, -0.15) is 0 Å². The van der Waals surface area contributed by atoms with Crippen LogP contribution in [0, 0.1) is 0 Å². The Kier molecular flexibility index (Phi) is 4.40. The number of aromatic nitrogens is 1. The van der Waals surface area contributed by atoms with Crippen LogP contribution < -0.4 is 5.73 Å². The van der Waals surface area contributed by atoms with Gasteiger partial charge in [-0.15, -0.1) is 0 Å². The molecule has 20 heavy (non-hydrogen) atoms. The van der Waals surface area contributed by atoms with Gasteiger partial charge in [-0.1, -0.05) is 25.4 Å². The smallest absolute Gasteiger partial charge is 0.211 e. The zero-order valence-electron chi connectivity index (χ0n) is 11.6. The molecule has 3 nitrogen and oxygen atoms in total. The molecule has 0 unspecified atom stereocenters. The maximum Gasteiger partial charge on any atom is 0.211 e. The second kappa shape index (κ2) is 6.06. The van der Waals surface area contributed by atoms with Crippen molar-refractivity contribution in [2.75, 3.05) is 5.73 Å². The average molecular weight is 289 g/mol. The number of hydrogen-bond donors (Lipinski definition) is 1. The second-order valence-corrected chi connectivity index (χ2v) is 4.84. The van der Waals surface area contributed by atoms with Crippen molar-refractivity contribution < 1.29 is 4.79 Å². The second-order valence-electron chi connectivity index (χ2n) is 4.41. The molecule has 1 aliphatic rings. The van der Waals surface area contributed by atoms with E-state index in [1.165, 1.54) is 6.20 Å². The Bertz CT molecular complexity index is 597. The number of nitrogens with two attached hydrogens (primary N) is 1. The number of carbonyl (C=O) groups is 1. The van der Waals surface area contributed by atoms with Crippen molar-refractivity contribution in [2.24, 2.45) is 0 Å². The summed E-state index contributed by atoms with van der Waals surface area (Å²) in [6, 6.07) is 7.19. The minimum absolute atomic E-state index is 0.0471. The Labute approximate surface area is 123 Å². The van der Waals surface area contributed by atoms with Crippen LogP contribution in [0.4, 0.5) is 5.69 Å². The molecule has 3 rings (SSSR count). The van der Waals surface area contributed by atoms with Crippen LogP contribution in [0.15, 0.2) is 30.5 Å². The number of ketones is 1. The zero-order chi connectivity index (χ0) is 14.7. The maximum atomic E-state index is 12.4. The lowest BCUT2D eigenvalue weighted by atomic mass is 10.0. The number of rotatable bonds is 0. The van der Waals surface area contributed by atoms with Crippen molar-refractivity contribution in [3.05, 3.63) is 57.9 Å². The summed E-state index contributed by atoms with van der Waals surface area (Å²) in [6.45, 7) is 4.00. The molecule has 1 aliphatic carbocycles. The van der Waals surface area contributed by atoms with Gasteiger partial charge >= 0.3 is 0 Å². The Hall–Kier alpha value is -1.87. The lowest BCUT2D eigenvalue weighted by Gasteiger charge is -2.04. The van der Waals surface area contributed by atoms with Crippen molar-refractivity contribution in [1.82, 2.24) is 4.98 Å². The Morgan fingerprint density at radius 2 is 1.85 bits per heavy atom. The van der Waals surface area contributed by atoms with Crippen LogP contribution in [0.25, 0.3) is 0 Å². The normalized spacial score (nSPS) is 12.7. The molecular weight excluding hydrogens is 272 g/mol. The summed E-state index contributed by atoms with van der Waals surface area (Å²) < 4.78 is 0. The van der Waals surface area contributed by atoms with E-state index in [1.54, 1.807) is 12.1 Å². The topological polar surface area (TPSA) is 56.0 Å². The summed E-state index contributed by atoms with van der Waals surface area (Å²) in [4.78, 5) is 16.6. The summed E-state index contributed by atoms with van der Waals surface area (Å²) in [6.07, 6.45) is 3.06. The molecule has 2 N–H and O–H groups in total. The minimum atomic E-state index is -0.0471. The zero-order valence-corrected chi connectivity index (χ0v) is 12.4. The summed E-state index contributed by atoms with van der Waals surface area (Å²) in [7, 11) is 0. The van der Waals surface area contributed by atoms with E-state index in [9.17, 15) is 4.79 Å². The number of halogens is 1. The van der Waals surface area contributed by atoms with E-state index in [2.05, 4.69) is 4.98 Å². The van der Waals surface area contributed by atoms with E-state index in [1.807, 2.05) is 26.0 Å². The van der Waals surface area contributed by atoms with Gasteiger partial charge in [0.15, 0.2) is 0 Å². The van der Waals surface area contributed by atoms with Crippen molar-refractivity contribution >= 4 is 23.1 Å². The minimum Gasteiger partial charge on any atom is -0.397 e. The Balaban J connectivity index is 0.000000704. The van der Waals surface area contributed by atoms with Crippen LogP contribution in [-0.2, 0) is 12.8 Å². The van der Waals surface area contributed by atoms with E-state index in [4.69, 9.17) is 17.3 Å². The van der Waals surface area contributed by atoms with Crippen molar-refractivity contribution in [3.8, 4) is 0 Å². The number of aryl methyl sites for hydroxylation is 2. The molecule has 1 aromatic heterocycles. The van der Waals surface area contributed by atoms with Gasteiger partial charge in [-0.05, 0) is 48.2 Å². The Morgan fingerprint density at radius 1 is 1.15 bits per heavy atom. The molecule has 1 heterocycles. The predicted octanol–water partition coefficient (Wildman–Crippen LogP) is 3.67. The quantitative estimate of drug-likeness (QED) is 0.804. The number of hydrogen-bond acceptors (Lipinski definition) is 3. The number of fused-ring (bicyclic) bond motifs is 2. The molecule has 2 aromatic rings. The molecule has 0 bridgehead atoms. The van der Waals surface area contributed by atoms with Gasteiger partial charge in [-0.25, -0.2) is 0 Å². The van der Waals surface area contributed by atoms with Crippen molar-refractivity contribution in [1.29, 1.82) is 0 Å². The van der Waals surface area contributed by atoms with Gasteiger partial charge in [0.05, 0.1) is 11.9 Å². The molecule has 0 aliphatic heterocycles. The van der Waals surface area contributed by atoms with Gasteiger partial charge in [0.1, 0.15) is 5.69 Å². The average Bonchev–Trinajstić information content (AvgIpc) is 2.59. The highest BCUT2D eigenvalue weighted by molar-refractivity contribution is 6.30. The first-order chi connectivity index (χ1) is 9.65. The molecule has 1 aromatic carbocycles. The van der Waals surface area contributed by atoms with Crippen LogP contribution in [0.1, 0.15) is 41.0 Å². The van der Waals surface area contributed by atoms with E-state index < -0.39 is 0 Å². The molecular formula is C16H17ClN2O. The fourth-order valence-corrected chi connectivity index (χ4v) is 2.51. The van der Waals surface area contributed by atoms with Gasteiger partial charge in [0.25, 0.3) is 0 Å². The van der Waals surface area contributed by atoms with Crippen LogP contribution in [-0.4, -0.2) is 10.8 Å². The first-order valence-electron chi connectivity index (χ1n) is 6.72. The van der Waals surface area contributed by atoms with E-state index in [-0.39, 0.29) is 5.78 Å². The molecule has 0 saturated carbocycles. The molecule has 0 spiro atoms. The lowest BCUT2D eigenvalue weighted by Crippen LogP contribution is -2.07. The lowest BCUT2D eigenvalue weighted by molar-refractivity contribution is 0.103. The van der Waals surface area contributed by atoms with Gasteiger partial charge in [0.2, 0.25) is 5.78 Å². The first-order valence-corrected chi connectivity index (χ1v) is 7.10. The van der Waals surface area contributed by atoms with Crippen molar-refractivity contribution in [2.45, 2.75) is 26.7 Å². The predicted molar refractivity (Wildman–Crippen MR) is 82.3 cm³/mol. The van der Waals surface area contributed by atoms with Gasteiger partial charge in [0, 0.05) is 10.6 Å². The molecule has 0 fully saturated rings. The highest BCUT2D eigenvalue weighted by Gasteiger charge is 2.22. The molecule has 4 heteroatoms. The number of anilines is 1. The maximum absolute atomic E-state index is 12.4. The molecule has 0 saturated heterocycles. The van der Waals surface area contributed by atoms with Crippen LogP contribution >= 0.6 is 11.6 Å². The highest BCUT2D eigenvalue weighted by Crippen LogP contribution is 2.26. The van der Waals surface area contributed by atoms with E-state index >= 15 is 0 Å². The standard InChI is InChI=1S/C14H11ClN2O.C2H6/c15-10-3-4-12-8(5-10)1-2-9-6-11(16)7-17-13(9)14(12)18;1-2/h3-7H,1-2,16H2;1-2H3. The third-order valence-corrected chi connectivity index (χ3v) is 3.41. The summed E-state index contributed by atoms with van der Waals surface area (Å²) in [5.41, 5.74) is 9.38. The van der Waals surface area contributed by atoms with E-state index in [0.29, 0.717) is 22.0 Å². The van der Waals surface area contributed by atoms with E-state index in [0.717, 1.165) is 24.0 Å². The third-order valence-electron chi connectivity index (χ3n) is 3.18. The molecule has 0 atom stereocenters. The SMILES string of the molecule is CC.Nc1cnc2c(c1)CCc1cc(Cl)ccc1C2=O. The Morgan fingerprint density at radius 3 is 2.60 bits per heavy atom. The fourth-order valence-electron chi connectivity index (χ4n) is 2.31. The van der Waals surface area contributed by atoms with Gasteiger partial charge < -0.3 is 5.73 Å². The number of nitrogen functional groups attached to an aromatic ring is 1. The first kappa shape index (κ1) is 14.5. The summed E-state index contributed by atoms with van der Waals surface area (Å²) in [5.74, 6) is -0.0471. The van der Waals surface area contributed by atoms with Gasteiger partial charge in [-0.3, -0.25) is 9.78 Å². The van der Waals surface area contributed by atoms with Crippen LogP contribution in [0.2, 0.25) is 5.02 Å². The number of carbonyl (C=O) groups excluding carboxylic acids is 1. The largest absolute Gasteiger partial charge is 0.397 e. The van der Waals surface area contributed by atoms with Crippen LogP contribution in [0.3, 0.4) is 0 Å². The fraction of sp³-hybridized carbons (Fsp3) is 0.250. The monoisotopic (exact) mass is 288 g/mol. The number of pyridine rings is 1. The molecule has 0 amide bonds. The molecule has 104 valence electrons. The molecule has 0 radical (unpaired) electrons. The number of benzene rings is 1. The third kappa shape index (κ3) is 2.68. The van der Waals surface area contributed by atoms with Crippen LogP contribution in [0.5, 0.6) is 0 Å². The summed E-state index contributed by atoms with van der Waals surface area (Å²) in [5, 5.41) is 0.653. The highest BCUT2D eigenvalue weighted by atomic mass is 35.5. The van der Waals surface area contributed by atoms with Crippen molar-refractivity contribution in [3.63, 3.8) is 0 Å².